The first kappa shape index (κ1) is 13.9. The third-order valence-electron chi connectivity index (χ3n) is 3.91. The SMILES string of the molecule is CC(NCC1(C)CCOCC1)c1ccccc1Cl. The molecule has 1 saturated heterocycles. The van der Waals surface area contributed by atoms with Gasteiger partial charge in [0.25, 0.3) is 0 Å². The molecule has 0 radical (unpaired) electrons. The van der Waals surface area contributed by atoms with Gasteiger partial charge in [-0.05, 0) is 36.8 Å². The maximum absolute atomic E-state index is 6.22. The third kappa shape index (κ3) is 3.47. The Balaban J connectivity index is 1.92. The van der Waals surface area contributed by atoms with Crippen molar-refractivity contribution in [3.8, 4) is 0 Å². The minimum atomic E-state index is 0.290. The first-order chi connectivity index (χ1) is 8.61. The fourth-order valence-corrected chi connectivity index (χ4v) is 2.68. The van der Waals surface area contributed by atoms with Gasteiger partial charge in [0, 0.05) is 30.8 Å². The highest BCUT2D eigenvalue weighted by molar-refractivity contribution is 6.31. The summed E-state index contributed by atoms with van der Waals surface area (Å²) in [6.07, 6.45) is 2.27. The molecule has 1 fully saturated rings. The maximum atomic E-state index is 6.22. The number of ether oxygens (including phenoxy) is 1. The van der Waals surface area contributed by atoms with Crippen molar-refractivity contribution >= 4 is 11.6 Å². The van der Waals surface area contributed by atoms with Gasteiger partial charge in [-0.3, -0.25) is 0 Å². The van der Waals surface area contributed by atoms with Gasteiger partial charge in [0.2, 0.25) is 0 Å². The third-order valence-corrected chi connectivity index (χ3v) is 4.25. The summed E-state index contributed by atoms with van der Waals surface area (Å²) >= 11 is 6.22. The van der Waals surface area contributed by atoms with Crippen molar-refractivity contribution in [1.82, 2.24) is 5.32 Å². The minimum absolute atomic E-state index is 0.290. The number of rotatable bonds is 4. The van der Waals surface area contributed by atoms with Gasteiger partial charge < -0.3 is 10.1 Å². The minimum Gasteiger partial charge on any atom is -0.381 e. The van der Waals surface area contributed by atoms with E-state index in [0.29, 0.717) is 11.5 Å². The van der Waals surface area contributed by atoms with Crippen molar-refractivity contribution in [2.45, 2.75) is 32.7 Å². The predicted molar refractivity (Wildman–Crippen MR) is 76.0 cm³/mol. The Morgan fingerprint density at radius 1 is 1.33 bits per heavy atom. The summed E-state index contributed by atoms with van der Waals surface area (Å²) in [7, 11) is 0. The molecule has 1 aliphatic heterocycles. The summed E-state index contributed by atoms with van der Waals surface area (Å²) in [5, 5.41) is 4.45. The van der Waals surface area contributed by atoms with Gasteiger partial charge >= 0.3 is 0 Å². The lowest BCUT2D eigenvalue weighted by atomic mass is 9.82. The Morgan fingerprint density at radius 2 is 2.00 bits per heavy atom. The van der Waals surface area contributed by atoms with Crippen molar-refractivity contribution in [2.75, 3.05) is 19.8 Å². The maximum Gasteiger partial charge on any atom is 0.0471 e. The summed E-state index contributed by atoms with van der Waals surface area (Å²) in [4.78, 5) is 0. The molecular weight excluding hydrogens is 246 g/mol. The largest absolute Gasteiger partial charge is 0.381 e. The molecule has 18 heavy (non-hydrogen) atoms. The highest BCUT2D eigenvalue weighted by Crippen LogP contribution is 2.30. The smallest absolute Gasteiger partial charge is 0.0471 e. The van der Waals surface area contributed by atoms with Crippen LogP contribution in [-0.2, 0) is 4.74 Å². The second-order valence-electron chi connectivity index (χ2n) is 5.55. The molecule has 0 amide bonds. The van der Waals surface area contributed by atoms with E-state index >= 15 is 0 Å². The summed E-state index contributed by atoms with van der Waals surface area (Å²) in [5.41, 5.74) is 1.53. The molecule has 1 N–H and O–H groups in total. The monoisotopic (exact) mass is 267 g/mol. The molecule has 1 aromatic carbocycles. The van der Waals surface area contributed by atoms with Crippen LogP contribution in [0.2, 0.25) is 5.02 Å². The summed E-state index contributed by atoms with van der Waals surface area (Å²) in [5.74, 6) is 0. The molecule has 3 heteroatoms. The first-order valence-corrected chi connectivity index (χ1v) is 7.04. The lowest BCUT2D eigenvalue weighted by molar-refractivity contribution is 0.0231. The van der Waals surface area contributed by atoms with Crippen LogP contribution in [0.5, 0.6) is 0 Å². The van der Waals surface area contributed by atoms with Crippen LogP contribution in [0, 0.1) is 5.41 Å². The van der Waals surface area contributed by atoms with Crippen LogP contribution < -0.4 is 5.32 Å². The van der Waals surface area contributed by atoms with E-state index in [-0.39, 0.29) is 0 Å². The van der Waals surface area contributed by atoms with E-state index in [9.17, 15) is 0 Å². The molecule has 1 aliphatic rings. The Bertz CT molecular complexity index is 388. The average molecular weight is 268 g/mol. The Hall–Kier alpha value is -0.570. The summed E-state index contributed by atoms with van der Waals surface area (Å²) in [6, 6.07) is 8.34. The molecule has 100 valence electrons. The molecular formula is C15H22ClNO. The molecule has 0 spiro atoms. The molecule has 1 unspecified atom stereocenters. The number of nitrogens with one attached hydrogen (secondary N) is 1. The van der Waals surface area contributed by atoms with Gasteiger partial charge in [-0.1, -0.05) is 36.7 Å². The fraction of sp³-hybridized carbons (Fsp3) is 0.600. The number of halogens is 1. The Morgan fingerprint density at radius 3 is 2.67 bits per heavy atom. The molecule has 1 heterocycles. The molecule has 1 aromatic rings. The number of hydrogen-bond donors (Lipinski definition) is 1. The second-order valence-corrected chi connectivity index (χ2v) is 5.95. The lowest BCUT2D eigenvalue weighted by Crippen LogP contribution is -2.37. The molecule has 0 aromatic heterocycles. The molecule has 0 aliphatic carbocycles. The van der Waals surface area contributed by atoms with E-state index in [1.54, 1.807) is 0 Å². The lowest BCUT2D eigenvalue weighted by Gasteiger charge is -2.35. The highest BCUT2D eigenvalue weighted by atomic mass is 35.5. The van der Waals surface area contributed by atoms with Crippen molar-refractivity contribution in [1.29, 1.82) is 0 Å². The van der Waals surface area contributed by atoms with Crippen LogP contribution in [0.25, 0.3) is 0 Å². The Kier molecular flexibility index (Phi) is 4.66. The van der Waals surface area contributed by atoms with Gasteiger partial charge in [0.1, 0.15) is 0 Å². The zero-order valence-electron chi connectivity index (χ0n) is 11.2. The van der Waals surface area contributed by atoms with Crippen LogP contribution >= 0.6 is 11.6 Å². The van der Waals surface area contributed by atoms with E-state index in [4.69, 9.17) is 16.3 Å². The van der Waals surface area contributed by atoms with Crippen molar-refractivity contribution in [2.24, 2.45) is 5.41 Å². The molecule has 0 bridgehead atoms. The molecule has 2 rings (SSSR count). The van der Waals surface area contributed by atoms with E-state index in [1.165, 1.54) is 5.56 Å². The predicted octanol–water partition coefficient (Wildman–Crippen LogP) is 3.81. The van der Waals surface area contributed by atoms with Crippen molar-refractivity contribution in [3.05, 3.63) is 34.9 Å². The van der Waals surface area contributed by atoms with E-state index in [1.807, 2.05) is 18.2 Å². The highest BCUT2D eigenvalue weighted by Gasteiger charge is 2.27. The van der Waals surface area contributed by atoms with Crippen LogP contribution in [0.4, 0.5) is 0 Å². The van der Waals surface area contributed by atoms with Crippen LogP contribution in [0.3, 0.4) is 0 Å². The normalized spacial score (nSPS) is 20.6. The van der Waals surface area contributed by atoms with Crippen LogP contribution in [-0.4, -0.2) is 19.8 Å². The number of benzene rings is 1. The van der Waals surface area contributed by atoms with Crippen LogP contribution in [0.15, 0.2) is 24.3 Å². The van der Waals surface area contributed by atoms with Gasteiger partial charge in [0.05, 0.1) is 0 Å². The number of hydrogen-bond acceptors (Lipinski definition) is 2. The van der Waals surface area contributed by atoms with E-state index in [0.717, 1.165) is 37.6 Å². The quantitative estimate of drug-likeness (QED) is 0.896. The summed E-state index contributed by atoms with van der Waals surface area (Å²) in [6.45, 7) is 7.30. The Labute approximate surface area is 115 Å². The van der Waals surface area contributed by atoms with Crippen molar-refractivity contribution < 1.29 is 4.74 Å². The van der Waals surface area contributed by atoms with E-state index in [2.05, 4.69) is 25.2 Å². The van der Waals surface area contributed by atoms with Gasteiger partial charge in [-0.25, -0.2) is 0 Å². The second kappa shape index (κ2) is 6.05. The molecule has 2 nitrogen and oxygen atoms in total. The van der Waals surface area contributed by atoms with E-state index < -0.39 is 0 Å². The zero-order chi connectivity index (χ0) is 13.0. The topological polar surface area (TPSA) is 21.3 Å². The average Bonchev–Trinajstić information content (AvgIpc) is 2.38. The fourth-order valence-electron chi connectivity index (χ4n) is 2.38. The van der Waals surface area contributed by atoms with Gasteiger partial charge in [-0.15, -0.1) is 0 Å². The van der Waals surface area contributed by atoms with Crippen molar-refractivity contribution in [3.63, 3.8) is 0 Å². The van der Waals surface area contributed by atoms with Crippen LogP contribution in [0.1, 0.15) is 38.3 Å². The molecule has 0 saturated carbocycles. The zero-order valence-corrected chi connectivity index (χ0v) is 12.0. The van der Waals surface area contributed by atoms with Gasteiger partial charge in [0.15, 0.2) is 0 Å². The van der Waals surface area contributed by atoms with Gasteiger partial charge in [-0.2, -0.15) is 0 Å². The first-order valence-electron chi connectivity index (χ1n) is 6.66. The summed E-state index contributed by atoms with van der Waals surface area (Å²) < 4.78 is 5.43. The molecule has 1 atom stereocenters. The standard InChI is InChI=1S/C15H22ClNO/c1-12(13-5-3-4-6-14(13)16)17-11-15(2)7-9-18-10-8-15/h3-6,12,17H,7-11H2,1-2H3.